The van der Waals surface area contributed by atoms with E-state index in [1.807, 2.05) is 12.1 Å². The Kier molecular flexibility index (Phi) is 9.78. The Labute approximate surface area is 136 Å². The summed E-state index contributed by atoms with van der Waals surface area (Å²) in [6.45, 7) is 6.63. The highest BCUT2D eigenvalue weighted by molar-refractivity contribution is 5.62. The average Bonchev–Trinajstić information content (AvgIpc) is 2.58. The number of allylic oxidation sites excluding steroid dienone is 2. The molecule has 0 aliphatic heterocycles. The van der Waals surface area contributed by atoms with Gasteiger partial charge in [0.1, 0.15) is 0 Å². The van der Waals surface area contributed by atoms with Crippen LogP contribution in [0.15, 0.2) is 72.8 Å². The first-order valence-corrected chi connectivity index (χ1v) is 8.51. The van der Waals surface area contributed by atoms with Crippen molar-refractivity contribution in [3.05, 3.63) is 72.8 Å². The third-order valence-electron chi connectivity index (χ3n) is 3.66. The summed E-state index contributed by atoms with van der Waals surface area (Å²) in [5.74, 6) is 0.788. The van der Waals surface area contributed by atoms with Gasteiger partial charge >= 0.3 is 0 Å². The minimum absolute atomic E-state index is 0.788. The third kappa shape index (κ3) is 7.83. The summed E-state index contributed by atoms with van der Waals surface area (Å²) in [5.41, 5.74) is 2.55. The molecule has 0 saturated heterocycles. The second kappa shape index (κ2) is 11.8. The van der Waals surface area contributed by atoms with Gasteiger partial charge in [-0.25, -0.2) is 0 Å². The van der Waals surface area contributed by atoms with E-state index in [9.17, 15) is 0 Å². The lowest BCUT2D eigenvalue weighted by molar-refractivity contribution is 0.575. The maximum atomic E-state index is 2.29. The molecule has 0 aliphatic carbocycles. The average molecular weight is 294 g/mol. The molecule has 0 spiro atoms. The van der Waals surface area contributed by atoms with Gasteiger partial charge in [0, 0.05) is 0 Å². The maximum absolute atomic E-state index is 2.29. The summed E-state index contributed by atoms with van der Waals surface area (Å²) >= 11 is 0. The summed E-state index contributed by atoms with van der Waals surface area (Å²) in [6.07, 6.45) is 9.91. The number of hydrogen-bond donors (Lipinski definition) is 0. The summed E-state index contributed by atoms with van der Waals surface area (Å²) in [7, 11) is 0. The van der Waals surface area contributed by atoms with Crippen LogP contribution in [0.3, 0.4) is 0 Å². The first kappa shape index (κ1) is 18.2. The summed E-state index contributed by atoms with van der Waals surface area (Å²) in [4.78, 5) is 0. The summed E-state index contributed by atoms with van der Waals surface area (Å²) < 4.78 is 0. The van der Waals surface area contributed by atoms with Crippen LogP contribution in [0.25, 0.3) is 11.1 Å². The molecule has 0 heteroatoms. The molecule has 0 heterocycles. The Hall–Kier alpha value is -1.82. The van der Waals surface area contributed by atoms with Crippen molar-refractivity contribution in [1.82, 2.24) is 0 Å². The summed E-state index contributed by atoms with van der Waals surface area (Å²) in [5, 5.41) is 0. The van der Waals surface area contributed by atoms with Gasteiger partial charge in [-0.1, -0.05) is 106 Å². The molecular weight excluding hydrogens is 264 g/mol. The van der Waals surface area contributed by atoms with Crippen molar-refractivity contribution in [2.24, 2.45) is 5.92 Å². The minimum atomic E-state index is 0.788. The van der Waals surface area contributed by atoms with E-state index in [2.05, 4.69) is 81.5 Å². The second-order valence-corrected chi connectivity index (χ2v) is 5.73. The minimum Gasteiger partial charge on any atom is -0.0914 e. The normalized spacial score (nSPS) is 11.8. The van der Waals surface area contributed by atoms with E-state index < -0.39 is 0 Å². The van der Waals surface area contributed by atoms with Crippen molar-refractivity contribution in [2.45, 2.75) is 46.5 Å². The molecule has 0 aromatic heterocycles. The molecule has 1 atom stereocenters. The van der Waals surface area contributed by atoms with E-state index in [0.717, 1.165) is 5.92 Å². The van der Waals surface area contributed by atoms with Crippen LogP contribution in [-0.4, -0.2) is 0 Å². The molecule has 118 valence electrons. The van der Waals surface area contributed by atoms with Crippen LogP contribution in [0.5, 0.6) is 0 Å². The van der Waals surface area contributed by atoms with Gasteiger partial charge in [0.05, 0.1) is 0 Å². The topological polar surface area (TPSA) is 0 Å². The Morgan fingerprint density at radius 2 is 1.32 bits per heavy atom. The number of benzene rings is 2. The largest absolute Gasteiger partial charge is 0.0914 e. The molecular formula is C22H30. The van der Waals surface area contributed by atoms with E-state index >= 15 is 0 Å². The third-order valence-corrected chi connectivity index (χ3v) is 3.66. The molecule has 1 unspecified atom stereocenters. The summed E-state index contributed by atoms with van der Waals surface area (Å²) in [6, 6.07) is 20.8. The molecule has 0 amide bonds. The van der Waals surface area contributed by atoms with Crippen LogP contribution < -0.4 is 0 Å². The highest BCUT2D eigenvalue weighted by Crippen LogP contribution is 2.17. The molecule has 0 N–H and O–H groups in total. The molecule has 0 nitrogen and oxygen atoms in total. The molecule has 0 saturated carbocycles. The predicted molar refractivity (Wildman–Crippen MR) is 100.0 cm³/mol. The number of hydrogen-bond acceptors (Lipinski definition) is 0. The van der Waals surface area contributed by atoms with Gasteiger partial charge in [-0.2, -0.15) is 0 Å². The van der Waals surface area contributed by atoms with E-state index in [1.165, 1.54) is 36.8 Å². The number of unbranched alkanes of at least 4 members (excludes halogenated alkanes) is 2. The first-order chi connectivity index (χ1) is 10.8. The van der Waals surface area contributed by atoms with Gasteiger partial charge in [-0.3, -0.25) is 0 Å². The predicted octanol–water partition coefficient (Wildman–Crippen LogP) is 7.13. The van der Waals surface area contributed by atoms with Gasteiger partial charge in [-0.05, 0) is 30.4 Å². The van der Waals surface area contributed by atoms with E-state index in [4.69, 9.17) is 0 Å². The van der Waals surface area contributed by atoms with Crippen LogP contribution in [0.1, 0.15) is 46.5 Å². The monoisotopic (exact) mass is 294 g/mol. The lowest BCUT2D eigenvalue weighted by Crippen LogP contribution is -1.88. The van der Waals surface area contributed by atoms with Crippen molar-refractivity contribution in [3.63, 3.8) is 0 Å². The molecule has 0 radical (unpaired) electrons. The molecule has 2 aromatic carbocycles. The van der Waals surface area contributed by atoms with Crippen molar-refractivity contribution < 1.29 is 0 Å². The quantitative estimate of drug-likeness (QED) is 0.392. The number of rotatable bonds is 6. The first-order valence-electron chi connectivity index (χ1n) is 8.51. The van der Waals surface area contributed by atoms with Crippen molar-refractivity contribution in [3.8, 4) is 11.1 Å². The Morgan fingerprint density at radius 1 is 0.818 bits per heavy atom. The van der Waals surface area contributed by atoms with Crippen LogP contribution in [0, 0.1) is 5.92 Å². The van der Waals surface area contributed by atoms with Crippen molar-refractivity contribution >= 4 is 0 Å². The highest BCUT2D eigenvalue weighted by atomic mass is 14.0. The lowest BCUT2D eigenvalue weighted by atomic mass is 10.0. The van der Waals surface area contributed by atoms with Crippen molar-refractivity contribution in [2.75, 3.05) is 0 Å². The molecule has 2 aromatic rings. The highest BCUT2D eigenvalue weighted by Gasteiger charge is 1.94. The van der Waals surface area contributed by atoms with E-state index in [-0.39, 0.29) is 0 Å². The maximum Gasteiger partial charge on any atom is -0.0184 e. The fourth-order valence-corrected chi connectivity index (χ4v) is 2.40. The van der Waals surface area contributed by atoms with Gasteiger partial charge in [0.25, 0.3) is 0 Å². The van der Waals surface area contributed by atoms with Gasteiger partial charge in [0.2, 0.25) is 0 Å². The molecule has 0 fully saturated rings. The second-order valence-electron chi connectivity index (χ2n) is 5.73. The van der Waals surface area contributed by atoms with Gasteiger partial charge in [0.15, 0.2) is 0 Å². The molecule has 22 heavy (non-hydrogen) atoms. The van der Waals surface area contributed by atoms with Crippen molar-refractivity contribution in [1.29, 1.82) is 0 Å². The smallest absolute Gasteiger partial charge is 0.0184 e. The SMILES string of the molecule is CC=CC(C)CCCCC.c1ccc(-c2ccccc2)cc1. The fourth-order valence-electron chi connectivity index (χ4n) is 2.40. The zero-order chi connectivity index (χ0) is 16.0. The van der Waals surface area contributed by atoms with Crippen LogP contribution in [0.4, 0.5) is 0 Å². The van der Waals surface area contributed by atoms with Gasteiger partial charge < -0.3 is 0 Å². The van der Waals surface area contributed by atoms with Gasteiger partial charge in [-0.15, -0.1) is 0 Å². The Bertz CT molecular complexity index is 459. The standard InChI is InChI=1S/C12H10.C10H20/c1-3-7-11(8-4-1)12-9-5-2-6-10-12;1-4-6-7-9-10(3)8-5-2/h1-10H;5,8,10H,4,6-7,9H2,1-3H3. The molecule has 0 aliphatic rings. The zero-order valence-corrected chi connectivity index (χ0v) is 14.3. The van der Waals surface area contributed by atoms with Crippen LogP contribution in [0.2, 0.25) is 0 Å². The molecule has 0 bridgehead atoms. The Morgan fingerprint density at radius 3 is 1.73 bits per heavy atom. The van der Waals surface area contributed by atoms with Crippen LogP contribution >= 0.6 is 0 Å². The fraction of sp³-hybridized carbons (Fsp3) is 0.364. The van der Waals surface area contributed by atoms with E-state index in [0.29, 0.717) is 0 Å². The molecule has 2 rings (SSSR count). The lowest BCUT2D eigenvalue weighted by Gasteiger charge is -2.03. The van der Waals surface area contributed by atoms with E-state index in [1.54, 1.807) is 0 Å². The van der Waals surface area contributed by atoms with Crippen LogP contribution in [-0.2, 0) is 0 Å². The Balaban J connectivity index is 0.000000225. The zero-order valence-electron chi connectivity index (χ0n) is 14.3.